The van der Waals surface area contributed by atoms with Crippen LogP contribution in [0.25, 0.3) is 32.9 Å². The molecule has 0 aliphatic carbocycles. The number of aromatic hydroxyl groups is 1. The highest BCUT2D eigenvalue weighted by Gasteiger charge is 2.49. The molecule has 44 heavy (non-hydrogen) atoms. The summed E-state index contributed by atoms with van der Waals surface area (Å²) in [6.45, 7) is 7.25. The maximum Gasteiger partial charge on any atom is 0.319 e. The summed E-state index contributed by atoms with van der Waals surface area (Å²) in [6.07, 6.45) is 5.27. The number of hydrogen-bond donors (Lipinski definition) is 2. The number of halogens is 2. The molecule has 4 saturated heterocycles. The Hall–Kier alpha value is -3.63. The first-order valence-electron chi connectivity index (χ1n) is 15.9. The predicted octanol–water partition coefficient (Wildman–Crippen LogP) is 5.71. The Balaban J connectivity index is 1.27. The summed E-state index contributed by atoms with van der Waals surface area (Å²) in [4.78, 5) is 18.6. The zero-order valence-electron chi connectivity index (χ0n) is 25.2. The maximum absolute atomic E-state index is 16.9. The highest BCUT2D eigenvalue weighted by Crippen LogP contribution is 2.42. The zero-order chi connectivity index (χ0) is 30.2. The fourth-order valence-corrected chi connectivity index (χ4v) is 8.24. The van der Waals surface area contributed by atoms with Crippen LogP contribution in [0.5, 0.6) is 11.8 Å². The molecule has 2 aromatic carbocycles. The van der Waals surface area contributed by atoms with Gasteiger partial charge in [-0.1, -0.05) is 32.0 Å². The minimum absolute atomic E-state index is 0.0431. The van der Waals surface area contributed by atoms with Gasteiger partial charge in [0, 0.05) is 49.9 Å². The molecule has 4 aromatic rings. The van der Waals surface area contributed by atoms with Crippen molar-refractivity contribution in [2.75, 3.05) is 37.7 Å². The lowest BCUT2D eigenvalue weighted by atomic mass is 9.91. The number of ether oxygens (including phenoxy) is 1. The van der Waals surface area contributed by atoms with Crippen LogP contribution in [0.2, 0.25) is 0 Å². The lowest BCUT2D eigenvalue weighted by Crippen LogP contribution is -2.51. The van der Waals surface area contributed by atoms with Gasteiger partial charge < -0.3 is 20.1 Å². The summed E-state index contributed by atoms with van der Waals surface area (Å²) < 4.78 is 37.6. The molecule has 4 aliphatic rings. The first kappa shape index (κ1) is 27.9. The van der Waals surface area contributed by atoms with Gasteiger partial charge in [0.15, 0.2) is 5.82 Å². The fourth-order valence-electron chi connectivity index (χ4n) is 8.24. The van der Waals surface area contributed by atoms with Crippen molar-refractivity contribution in [3.05, 3.63) is 47.9 Å². The number of pyridine rings is 1. The lowest BCUT2D eigenvalue weighted by Gasteiger charge is -2.34. The van der Waals surface area contributed by atoms with Crippen molar-refractivity contribution in [1.82, 2.24) is 25.2 Å². The number of aromatic nitrogens is 3. The van der Waals surface area contributed by atoms with Gasteiger partial charge in [0.05, 0.1) is 10.9 Å². The minimum Gasteiger partial charge on any atom is -0.508 e. The molecule has 0 amide bonds. The fraction of sp³-hybridized carbons (Fsp3) is 0.500. The van der Waals surface area contributed by atoms with E-state index in [-0.39, 0.29) is 41.0 Å². The van der Waals surface area contributed by atoms with Crippen LogP contribution in [-0.4, -0.2) is 81.5 Å². The number of alkyl halides is 1. The maximum atomic E-state index is 16.9. The third kappa shape index (κ3) is 4.56. The molecule has 230 valence electrons. The number of piperazine rings is 1. The number of nitrogens with one attached hydrogen (secondary N) is 1. The third-order valence-corrected chi connectivity index (χ3v) is 10.3. The molecule has 10 heteroatoms. The van der Waals surface area contributed by atoms with Crippen LogP contribution in [-0.2, 0) is 0 Å². The van der Waals surface area contributed by atoms with Crippen molar-refractivity contribution < 1.29 is 18.6 Å². The van der Waals surface area contributed by atoms with E-state index < -0.39 is 12.0 Å². The van der Waals surface area contributed by atoms with Crippen molar-refractivity contribution >= 4 is 27.5 Å². The Morgan fingerprint density at radius 3 is 2.75 bits per heavy atom. The molecule has 0 spiro atoms. The number of rotatable bonds is 6. The third-order valence-electron chi connectivity index (χ3n) is 10.3. The topological polar surface area (TPSA) is 86.6 Å². The number of anilines is 1. The van der Waals surface area contributed by atoms with Crippen molar-refractivity contribution in [3.8, 4) is 23.0 Å². The van der Waals surface area contributed by atoms with E-state index >= 15 is 4.39 Å². The molecule has 2 aromatic heterocycles. The van der Waals surface area contributed by atoms with E-state index in [1.54, 1.807) is 18.3 Å². The van der Waals surface area contributed by atoms with Crippen molar-refractivity contribution in [1.29, 1.82) is 0 Å². The van der Waals surface area contributed by atoms with Gasteiger partial charge in [-0.15, -0.1) is 0 Å². The van der Waals surface area contributed by atoms with Crippen molar-refractivity contribution in [2.24, 2.45) is 0 Å². The molecule has 4 aliphatic heterocycles. The molecule has 6 heterocycles. The predicted molar refractivity (Wildman–Crippen MR) is 167 cm³/mol. The highest BCUT2D eigenvalue weighted by atomic mass is 19.1. The second kappa shape index (κ2) is 10.5. The highest BCUT2D eigenvalue weighted by molar-refractivity contribution is 6.02. The van der Waals surface area contributed by atoms with Gasteiger partial charge in [-0.3, -0.25) is 9.88 Å². The average Bonchev–Trinajstić information content (AvgIpc) is 3.65. The summed E-state index contributed by atoms with van der Waals surface area (Å²) in [6, 6.07) is 9.99. The number of benzene rings is 2. The molecule has 2 unspecified atom stereocenters. The van der Waals surface area contributed by atoms with Crippen LogP contribution in [0, 0.1) is 5.82 Å². The quantitative estimate of drug-likeness (QED) is 0.291. The van der Waals surface area contributed by atoms with E-state index in [4.69, 9.17) is 9.72 Å². The average molecular weight is 601 g/mol. The van der Waals surface area contributed by atoms with E-state index in [0.29, 0.717) is 41.8 Å². The van der Waals surface area contributed by atoms with E-state index in [9.17, 15) is 9.50 Å². The summed E-state index contributed by atoms with van der Waals surface area (Å²) >= 11 is 0. The minimum atomic E-state index is -0.873. The van der Waals surface area contributed by atoms with Gasteiger partial charge in [-0.25, -0.2) is 8.78 Å². The van der Waals surface area contributed by atoms with Crippen LogP contribution in [0.4, 0.5) is 14.6 Å². The molecular weight excluding hydrogens is 562 g/mol. The molecule has 4 atom stereocenters. The smallest absolute Gasteiger partial charge is 0.319 e. The SMILES string of the molecule is CC(C)c1cccc2cc(O)cc(-c3ncc4c(N5C[C@H]6CC[C@@H](C5)N6)nc(OCC56CCCN5CC(F)C6)nc4c3F)c12. The van der Waals surface area contributed by atoms with E-state index in [1.165, 1.54) is 0 Å². The standard InChI is InChI=1S/C34H38F2N6O2/c1-19(2)25-6-3-5-20-11-24(43)12-26(28(20)25)30-29(36)31-27(14-37-30)32(41-16-22-7-8-23(17-41)38-22)40-33(39-31)44-18-34-9-4-10-42(34)15-21(35)13-34/h3,5-6,11-12,14,19,21-23,38,43H,4,7-10,13,15-18H2,1-2H3/t21?,22-,23+,34?. The number of nitrogens with zero attached hydrogens (tertiary/aromatic N) is 5. The van der Waals surface area contributed by atoms with Crippen LogP contribution in [0.3, 0.4) is 0 Å². The molecule has 0 radical (unpaired) electrons. The second-order valence-corrected chi connectivity index (χ2v) is 13.5. The second-order valence-electron chi connectivity index (χ2n) is 13.5. The first-order chi connectivity index (χ1) is 21.3. The Morgan fingerprint density at radius 2 is 1.95 bits per heavy atom. The van der Waals surface area contributed by atoms with Gasteiger partial charge in [-0.05, 0) is 66.6 Å². The summed E-state index contributed by atoms with van der Waals surface area (Å²) in [5.41, 5.74) is 1.45. The molecule has 2 N–H and O–H groups in total. The Labute approximate surface area is 255 Å². The van der Waals surface area contributed by atoms with Gasteiger partial charge >= 0.3 is 6.01 Å². The van der Waals surface area contributed by atoms with Gasteiger partial charge in [0.1, 0.15) is 35.6 Å². The summed E-state index contributed by atoms with van der Waals surface area (Å²) in [5.74, 6) is 0.253. The van der Waals surface area contributed by atoms with Gasteiger partial charge in [0.25, 0.3) is 0 Å². The number of hydrogen-bond acceptors (Lipinski definition) is 8. The normalized spacial score (nSPS) is 26.8. The molecule has 2 bridgehead atoms. The first-order valence-corrected chi connectivity index (χ1v) is 15.9. The Morgan fingerprint density at radius 1 is 1.14 bits per heavy atom. The van der Waals surface area contributed by atoms with Crippen LogP contribution in [0.15, 0.2) is 36.5 Å². The van der Waals surface area contributed by atoms with Crippen LogP contribution < -0.4 is 15.0 Å². The summed E-state index contributed by atoms with van der Waals surface area (Å²) in [7, 11) is 0. The summed E-state index contributed by atoms with van der Waals surface area (Å²) in [5, 5.41) is 16.5. The Bertz CT molecular complexity index is 1760. The number of fused-ring (bicyclic) bond motifs is 5. The molecule has 0 saturated carbocycles. The van der Waals surface area contributed by atoms with E-state index in [0.717, 1.165) is 61.7 Å². The van der Waals surface area contributed by atoms with E-state index in [2.05, 4.69) is 38.9 Å². The molecule has 8 nitrogen and oxygen atoms in total. The van der Waals surface area contributed by atoms with Gasteiger partial charge in [-0.2, -0.15) is 9.97 Å². The largest absolute Gasteiger partial charge is 0.508 e. The van der Waals surface area contributed by atoms with E-state index in [1.807, 2.05) is 18.2 Å². The van der Waals surface area contributed by atoms with Crippen molar-refractivity contribution in [2.45, 2.75) is 75.7 Å². The number of phenols is 1. The monoisotopic (exact) mass is 600 g/mol. The number of phenolic OH excluding ortho intramolecular Hbond substituents is 1. The van der Waals surface area contributed by atoms with Crippen molar-refractivity contribution in [3.63, 3.8) is 0 Å². The molecular formula is C34H38F2N6O2. The van der Waals surface area contributed by atoms with Crippen LogP contribution in [0.1, 0.15) is 57.4 Å². The lowest BCUT2D eigenvalue weighted by molar-refractivity contribution is 0.107. The van der Waals surface area contributed by atoms with Crippen LogP contribution >= 0.6 is 0 Å². The molecule has 4 fully saturated rings. The zero-order valence-corrected chi connectivity index (χ0v) is 25.2. The Kier molecular flexibility index (Phi) is 6.64. The van der Waals surface area contributed by atoms with Gasteiger partial charge in [0.2, 0.25) is 0 Å². The molecule has 8 rings (SSSR count).